The lowest BCUT2D eigenvalue weighted by molar-refractivity contribution is 0.103. The van der Waals surface area contributed by atoms with Gasteiger partial charge in [0, 0.05) is 19.2 Å². The van der Waals surface area contributed by atoms with Crippen molar-refractivity contribution in [1.29, 1.82) is 0 Å². The van der Waals surface area contributed by atoms with Crippen LogP contribution < -0.4 is 5.32 Å². The van der Waals surface area contributed by atoms with E-state index in [9.17, 15) is 0 Å². The summed E-state index contributed by atoms with van der Waals surface area (Å²) < 4.78 is 5.64. The first-order valence-corrected chi connectivity index (χ1v) is 7.19. The molecule has 0 aromatic carbocycles. The van der Waals surface area contributed by atoms with Crippen LogP contribution in [0, 0.1) is 5.92 Å². The third-order valence-electron chi connectivity index (χ3n) is 3.66. The minimum atomic E-state index is 0.689. The zero-order chi connectivity index (χ0) is 12.5. The van der Waals surface area contributed by atoms with E-state index in [4.69, 9.17) is 4.74 Å². The molecular formula is C14H30N2O. The SMILES string of the molecule is CCC(CCCN(C)CCOCC1CC1)NC. The van der Waals surface area contributed by atoms with E-state index >= 15 is 0 Å². The summed E-state index contributed by atoms with van der Waals surface area (Å²) in [6.07, 6.45) is 6.56. The lowest BCUT2D eigenvalue weighted by Gasteiger charge is -2.19. The van der Waals surface area contributed by atoms with Crippen molar-refractivity contribution in [2.75, 3.05) is 40.4 Å². The van der Waals surface area contributed by atoms with Gasteiger partial charge in [0.05, 0.1) is 6.61 Å². The molecule has 1 N–H and O–H groups in total. The highest BCUT2D eigenvalue weighted by Crippen LogP contribution is 2.28. The van der Waals surface area contributed by atoms with Gasteiger partial charge < -0.3 is 15.0 Å². The lowest BCUT2D eigenvalue weighted by Crippen LogP contribution is -2.28. The van der Waals surface area contributed by atoms with Crippen LogP contribution in [0.3, 0.4) is 0 Å². The van der Waals surface area contributed by atoms with Crippen molar-refractivity contribution in [2.24, 2.45) is 5.92 Å². The average molecular weight is 242 g/mol. The highest BCUT2D eigenvalue weighted by molar-refractivity contribution is 4.72. The molecule has 0 bridgehead atoms. The fourth-order valence-electron chi connectivity index (χ4n) is 2.03. The molecule has 1 unspecified atom stereocenters. The van der Waals surface area contributed by atoms with Gasteiger partial charge in [-0.15, -0.1) is 0 Å². The van der Waals surface area contributed by atoms with E-state index in [1.807, 2.05) is 0 Å². The van der Waals surface area contributed by atoms with Crippen LogP contribution in [-0.4, -0.2) is 51.3 Å². The molecule has 1 aliphatic rings. The highest BCUT2D eigenvalue weighted by Gasteiger charge is 2.20. The zero-order valence-electron chi connectivity index (χ0n) is 11.9. The van der Waals surface area contributed by atoms with Gasteiger partial charge in [0.2, 0.25) is 0 Å². The smallest absolute Gasteiger partial charge is 0.0593 e. The fourth-order valence-corrected chi connectivity index (χ4v) is 2.03. The Morgan fingerprint density at radius 1 is 1.35 bits per heavy atom. The predicted molar refractivity (Wildman–Crippen MR) is 73.4 cm³/mol. The van der Waals surface area contributed by atoms with E-state index < -0.39 is 0 Å². The summed E-state index contributed by atoms with van der Waals surface area (Å²) in [7, 11) is 4.25. The molecule has 1 saturated carbocycles. The maximum absolute atomic E-state index is 5.64. The van der Waals surface area contributed by atoms with Gasteiger partial charge in [0.1, 0.15) is 0 Å². The van der Waals surface area contributed by atoms with E-state index in [-0.39, 0.29) is 0 Å². The molecule has 102 valence electrons. The van der Waals surface area contributed by atoms with Gasteiger partial charge in [-0.3, -0.25) is 0 Å². The van der Waals surface area contributed by atoms with E-state index in [0.717, 1.165) is 25.7 Å². The van der Waals surface area contributed by atoms with Crippen LogP contribution in [0.15, 0.2) is 0 Å². The molecule has 1 aliphatic carbocycles. The zero-order valence-corrected chi connectivity index (χ0v) is 11.9. The summed E-state index contributed by atoms with van der Waals surface area (Å²) in [4.78, 5) is 2.38. The molecule has 1 fully saturated rings. The molecule has 1 atom stereocenters. The van der Waals surface area contributed by atoms with E-state index in [1.165, 1.54) is 38.6 Å². The number of ether oxygens (including phenoxy) is 1. The molecule has 0 amide bonds. The summed E-state index contributed by atoms with van der Waals surface area (Å²) >= 11 is 0. The predicted octanol–water partition coefficient (Wildman–Crippen LogP) is 2.12. The first-order chi connectivity index (χ1) is 8.26. The van der Waals surface area contributed by atoms with Crippen molar-refractivity contribution in [3.8, 4) is 0 Å². The van der Waals surface area contributed by atoms with Crippen LogP contribution in [0.5, 0.6) is 0 Å². The largest absolute Gasteiger partial charge is 0.380 e. The summed E-state index contributed by atoms with van der Waals surface area (Å²) in [6.45, 7) is 6.40. The van der Waals surface area contributed by atoms with E-state index in [2.05, 4.69) is 31.2 Å². The molecule has 3 nitrogen and oxygen atoms in total. The Kier molecular flexibility index (Phi) is 7.82. The van der Waals surface area contributed by atoms with E-state index in [0.29, 0.717) is 6.04 Å². The Hall–Kier alpha value is -0.120. The van der Waals surface area contributed by atoms with Gasteiger partial charge in [-0.1, -0.05) is 6.92 Å². The third kappa shape index (κ3) is 7.74. The van der Waals surface area contributed by atoms with E-state index in [1.54, 1.807) is 0 Å². The summed E-state index contributed by atoms with van der Waals surface area (Å²) in [5.74, 6) is 0.890. The molecule has 0 aromatic heterocycles. The number of hydrogen-bond acceptors (Lipinski definition) is 3. The van der Waals surface area contributed by atoms with Crippen LogP contribution >= 0.6 is 0 Å². The van der Waals surface area contributed by atoms with Gasteiger partial charge >= 0.3 is 0 Å². The second kappa shape index (κ2) is 8.90. The van der Waals surface area contributed by atoms with Crippen LogP contribution in [0.4, 0.5) is 0 Å². The Morgan fingerprint density at radius 2 is 2.12 bits per heavy atom. The van der Waals surface area contributed by atoms with Crippen molar-refractivity contribution in [3.63, 3.8) is 0 Å². The maximum Gasteiger partial charge on any atom is 0.0593 e. The van der Waals surface area contributed by atoms with Gasteiger partial charge in [-0.2, -0.15) is 0 Å². The topological polar surface area (TPSA) is 24.5 Å². The normalized spacial score (nSPS) is 17.6. The number of likely N-dealkylation sites (N-methyl/N-ethyl adjacent to an activating group) is 1. The molecular weight excluding hydrogens is 212 g/mol. The number of nitrogens with one attached hydrogen (secondary N) is 1. The van der Waals surface area contributed by atoms with Gasteiger partial charge in [0.25, 0.3) is 0 Å². The third-order valence-corrected chi connectivity index (χ3v) is 3.66. The Balaban J connectivity index is 1.87. The Bertz CT molecular complexity index is 179. The second-order valence-electron chi connectivity index (χ2n) is 5.36. The van der Waals surface area contributed by atoms with Crippen LogP contribution in [0.2, 0.25) is 0 Å². The molecule has 1 rings (SSSR count). The lowest BCUT2D eigenvalue weighted by atomic mass is 10.1. The van der Waals surface area contributed by atoms with Gasteiger partial charge in [-0.05, 0) is 58.7 Å². The van der Waals surface area contributed by atoms with Crippen LogP contribution in [0.1, 0.15) is 39.0 Å². The van der Waals surface area contributed by atoms with Crippen LogP contribution in [-0.2, 0) is 4.74 Å². The Labute approximate surface area is 107 Å². The summed E-state index contributed by atoms with van der Waals surface area (Å²) in [5.41, 5.74) is 0. The number of nitrogens with zero attached hydrogens (tertiary/aromatic N) is 1. The molecule has 0 aromatic rings. The molecule has 0 aliphatic heterocycles. The highest BCUT2D eigenvalue weighted by atomic mass is 16.5. The fraction of sp³-hybridized carbons (Fsp3) is 1.00. The Morgan fingerprint density at radius 3 is 2.71 bits per heavy atom. The molecule has 3 heteroatoms. The van der Waals surface area contributed by atoms with Crippen LogP contribution in [0.25, 0.3) is 0 Å². The first-order valence-electron chi connectivity index (χ1n) is 7.19. The molecule has 0 spiro atoms. The number of hydrogen-bond donors (Lipinski definition) is 1. The maximum atomic E-state index is 5.64. The second-order valence-corrected chi connectivity index (χ2v) is 5.36. The minimum Gasteiger partial charge on any atom is -0.380 e. The monoisotopic (exact) mass is 242 g/mol. The van der Waals surface area contributed by atoms with Crippen molar-refractivity contribution in [2.45, 2.75) is 45.1 Å². The standard InChI is InChI=1S/C14H30N2O/c1-4-14(15-2)6-5-9-16(3)10-11-17-12-13-7-8-13/h13-15H,4-12H2,1-3H3. The first kappa shape index (κ1) is 14.9. The summed E-state index contributed by atoms with van der Waals surface area (Å²) in [5, 5.41) is 3.35. The van der Waals surface area contributed by atoms with Gasteiger partial charge in [0.15, 0.2) is 0 Å². The van der Waals surface area contributed by atoms with Crippen molar-refractivity contribution in [3.05, 3.63) is 0 Å². The van der Waals surface area contributed by atoms with Crippen molar-refractivity contribution < 1.29 is 4.74 Å². The molecule has 0 saturated heterocycles. The molecule has 0 heterocycles. The number of rotatable bonds is 11. The van der Waals surface area contributed by atoms with Crippen molar-refractivity contribution >= 4 is 0 Å². The molecule has 17 heavy (non-hydrogen) atoms. The van der Waals surface area contributed by atoms with Crippen molar-refractivity contribution in [1.82, 2.24) is 10.2 Å². The van der Waals surface area contributed by atoms with Gasteiger partial charge in [-0.25, -0.2) is 0 Å². The minimum absolute atomic E-state index is 0.689. The summed E-state index contributed by atoms with van der Waals surface area (Å²) in [6, 6.07) is 0.689. The quantitative estimate of drug-likeness (QED) is 0.562. The molecule has 0 radical (unpaired) electrons. The average Bonchev–Trinajstić information content (AvgIpc) is 3.14.